The van der Waals surface area contributed by atoms with E-state index in [-0.39, 0.29) is 5.41 Å². The van der Waals surface area contributed by atoms with Crippen LogP contribution in [0.15, 0.2) is 24.3 Å². The second-order valence-electron chi connectivity index (χ2n) is 3.93. The van der Waals surface area contributed by atoms with Gasteiger partial charge < -0.3 is 10.5 Å². The van der Waals surface area contributed by atoms with E-state index in [9.17, 15) is 0 Å². The van der Waals surface area contributed by atoms with Crippen molar-refractivity contribution in [3.63, 3.8) is 0 Å². The van der Waals surface area contributed by atoms with Crippen molar-refractivity contribution in [1.82, 2.24) is 0 Å². The lowest BCUT2D eigenvalue weighted by atomic mass is 9.96. The highest BCUT2D eigenvalue weighted by atomic mass is 16.5. The summed E-state index contributed by atoms with van der Waals surface area (Å²) in [5.41, 5.74) is 7.29. The van der Waals surface area contributed by atoms with Crippen LogP contribution in [0.25, 0.3) is 0 Å². The molecule has 0 heterocycles. The van der Waals surface area contributed by atoms with Crippen molar-refractivity contribution in [1.29, 1.82) is 0 Å². The number of rotatable bonds is 2. The fraction of sp³-hybridized carbons (Fsp3) is 0.455. The number of nitrogens with two attached hydrogens (primary N) is 1. The van der Waals surface area contributed by atoms with E-state index in [0.717, 1.165) is 12.2 Å². The highest BCUT2D eigenvalue weighted by Crippen LogP contribution is 2.49. The van der Waals surface area contributed by atoms with Crippen LogP contribution in [0.4, 0.5) is 0 Å². The third-order valence-corrected chi connectivity index (χ3v) is 3.02. The Morgan fingerprint density at radius 2 is 2.08 bits per heavy atom. The molecule has 1 saturated carbocycles. The Morgan fingerprint density at radius 3 is 2.62 bits per heavy atom. The molecular formula is C11H15NO. The number of methoxy groups -OCH3 is 1. The average molecular weight is 177 g/mol. The third-order valence-electron chi connectivity index (χ3n) is 3.02. The van der Waals surface area contributed by atoms with Gasteiger partial charge in [0.25, 0.3) is 0 Å². The van der Waals surface area contributed by atoms with Gasteiger partial charge in [0.05, 0.1) is 7.11 Å². The van der Waals surface area contributed by atoms with Gasteiger partial charge >= 0.3 is 0 Å². The number of para-hydroxylation sites is 1. The number of hydrogen-bond donors (Lipinski definition) is 1. The molecule has 2 heteroatoms. The maximum absolute atomic E-state index is 5.90. The number of hydrogen-bond acceptors (Lipinski definition) is 2. The highest BCUT2D eigenvalue weighted by molar-refractivity contribution is 5.45. The Hall–Kier alpha value is -1.02. The van der Waals surface area contributed by atoms with E-state index in [1.165, 1.54) is 5.56 Å². The van der Waals surface area contributed by atoms with Crippen LogP contribution < -0.4 is 10.5 Å². The molecule has 1 aromatic rings. The molecule has 0 bridgehead atoms. The van der Waals surface area contributed by atoms with Crippen LogP contribution in [0.5, 0.6) is 5.75 Å². The topological polar surface area (TPSA) is 35.2 Å². The normalized spacial score (nSPS) is 31.5. The van der Waals surface area contributed by atoms with Gasteiger partial charge in [0, 0.05) is 17.0 Å². The molecule has 1 aliphatic carbocycles. The Balaban J connectivity index is 2.40. The first-order valence-electron chi connectivity index (χ1n) is 4.57. The maximum atomic E-state index is 5.90. The molecule has 2 atom stereocenters. The smallest absolute Gasteiger partial charge is 0.122 e. The van der Waals surface area contributed by atoms with E-state index < -0.39 is 0 Å². The maximum Gasteiger partial charge on any atom is 0.122 e. The Bertz CT molecular complexity index is 324. The molecule has 0 aromatic heterocycles. The fourth-order valence-electron chi connectivity index (χ4n) is 1.82. The molecule has 0 spiro atoms. The zero-order chi connectivity index (χ0) is 9.47. The van der Waals surface area contributed by atoms with Crippen LogP contribution in [0.1, 0.15) is 18.9 Å². The van der Waals surface area contributed by atoms with E-state index in [4.69, 9.17) is 10.5 Å². The molecule has 0 saturated heterocycles. The van der Waals surface area contributed by atoms with E-state index >= 15 is 0 Å². The summed E-state index contributed by atoms with van der Waals surface area (Å²) in [5.74, 6) is 0.956. The molecule has 70 valence electrons. The molecule has 1 aliphatic rings. The van der Waals surface area contributed by atoms with Crippen molar-refractivity contribution in [3.05, 3.63) is 29.8 Å². The quantitative estimate of drug-likeness (QED) is 0.746. The second kappa shape index (κ2) is 2.74. The lowest BCUT2D eigenvalue weighted by Crippen LogP contribution is -2.15. The standard InChI is InChI=1S/C11H15NO/c1-11(7-10(11)12)8-5-3-4-6-9(8)13-2/h3-6,10H,7,12H2,1-2H3/t10-,11?/m1/s1. The van der Waals surface area contributed by atoms with Crippen molar-refractivity contribution in [2.45, 2.75) is 24.8 Å². The zero-order valence-corrected chi connectivity index (χ0v) is 8.08. The van der Waals surface area contributed by atoms with Crippen LogP contribution in [-0.2, 0) is 5.41 Å². The summed E-state index contributed by atoms with van der Waals surface area (Å²) in [4.78, 5) is 0. The number of ether oxygens (including phenoxy) is 1. The van der Waals surface area contributed by atoms with E-state index in [1.807, 2.05) is 18.2 Å². The average Bonchev–Trinajstić information content (AvgIpc) is 2.76. The molecule has 0 amide bonds. The fourth-order valence-corrected chi connectivity index (χ4v) is 1.82. The van der Waals surface area contributed by atoms with Crippen molar-refractivity contribution < 1.29 is 4.74 Å². The van der Waals surface area contributed by atoms with Gasteiger partial charge in [-0.3, -0.25) is 0 Å². The van der Waals surface area contributed by atoms with Crippen LogP contribution >= 0.6 is 0 Å². The second-order valence-corrected chi connectivity index (χ2v) is 3.93. The summed E-state index contributed by atoms with van der Waals surface area (Å²) < 4.78 is 5.30. The molecule has 2 rings (SSSR count). The predicted molar refractivity (Wildman–Crippen MR) is 52.9 cm³/mol. The van der Waals surface area contributed by atoms with E-state index in [2.05, 4.69) is 13.0 Å². The summed E-state index contributed by atoms with van der Waals surface area (Å²) in [6.07, 6.45) is 1.06. The molecule has 2 nitrogen and oxygen atoms in total. The van der Waals surface area contributed by atoms with Crippen molar-refractivity contribution >= 4 is 0 Å². The molecule has 1 fully saturated rings. The van der Waals surface area contributed by atoms with Gasteiger partial charge in [0.15, 0.2) is 0 Å². The van der Waals surface area contributed by atoms with Crippen molar-refractivity contribution in [2.75, 3.05) is 7.11 Å². The highest BCUT2D eigenvalue weighted by Gasteiger charge is 2.50. The van der Waals surface area contributed by atoms with Crippen LogP contribution in [0.3, 0.4) is 0 Å². The van der Waals surface area contributed by atoms with Crippen molar-refractivity contribution in [2.24, 2.45) is 5.73 Å². The van der Waals surface area contributed by atoms with Crippen LogP contribution in [0.2, 0.25) is 0 Å². The first-order chi connectivity index (χ1) is 6.18. The monoisotopic (exact) mass is 177 g/mol. The lowest BCUT2D eigenvalue weighted by molar-refractivity contribution is 0.405. The molecule has 13 heavy (non-hydrogen) atoms. The Labute approximate surface area is 78.7 Å². The van der Waals surface area contributed by atoms with E-state index in [0.29, 0.717) is 6.04 Å². The molecule has 0 radical (unpaired) electrons. The van der Waals surface area contributed by atoms with Gasteiger partial charge in [0.2, 0.25) is 0 Å². The van der Waals surface area contributed by atoms with Gasteiger partial charge in [-0.2, -0.15) is 0 Å². The van der Waals surface area contributed by atoms with Gasteiger partial charge in [-0.25, -0.2) is 0 Å². The van der Waals surface area contributed by atoms with Crippen LogP contribution in [-0.4, -0.2) is 13.2 Å². The zero-order valence-electron chi connectivity index (χ0n) is 8.08. The Kier molecular flexibility index (Phi) is 1.81. The molecular weight excluding hydrogens is 162 g/mol. The molecule has 1 aromatic carbocycles. The Morgan fingerprint density at radius 1 is 1.46 bits per heavy atom. The van der Waals surface area contributed by atoms with Gasteiger partial charge in [-0.05, 0) is 12.5 Å². The molecule has 2 N–H and O–H groups in total. The minimum Gasteiger partial charge on any atom is -0.496 e. The molecule has 0 aliphatic heterocycles. The van der Waals surface area contributed by atoms with Gasteiger partial charge in [-0.15, -0.1) is 0 Å². The minimum absolute atomic E-state index is 0.145. The summed E-state index contributed by atoms with van der Waals surface area (Å²) in [6, 6.07) is 8.41. The third kappa shape index (κ3) is 1.22. The first-order valence-corrected chi connectivity index (χ1v) is 4.57. The van der Waals surface area contributed by atoms with E-state index in [1.54, 1.807) is 7.11 Å². The molecule has 1 unspecified atom stereocenters. The van der Waals surface area contributed by atoms with Gasteiger partial charge in [-0.1, -0.05) is 25.1 Å². The lowest BCUT2D eigenvalue weighted by Gasteiger charge is -2.14. The number of benzene rings is 1. The predicted octanol–water partition coefficient (Wildman–Crippen LogP) is 1.68. The minimum atomic E-state index is 0.145. The summed E-state index contributed by atoms with van der Waals surface area (Å²) in [5, 5.41) is 0. The summed E-state index contributed by atoms with van der Waals surface area (Å²) >= 11 is 0. The van der Waals surface area contributed by atoms with Crippen molar-refractivity contribution in [3.8, 4) is 5.75 Å². The summed E-state index contributed by atoms with van der Waals surface area (Å²) in [6.45, 7) is 2.19. The largest absolute Gasteiger partial charge is 0.496 e. The SMILES string of the molecule is COc1ccccc1C1(C)C[C@H]1N. The van der Waals surface area contributed by atoms with Gasteiger partial charge in [0.1, 0.15) is 5.75 Å². The van der Waals surface area contributed by atoms with Crippen LogP contribution in [0, 0.1) is 0 Å². The summed E-state index contributed by atoms with van der Waals surface area (Å²) in [7, 11) is 1.70. The first kappa shape index (κ1) is 8.57.